The fourth-order valence-corrected chi connectivity index (χ4v) is 2.07. The summed E-state index contributed by atoms with van der Waals surface area (Å²) >= 11 is 0. The number of nitro benzene ring substituents is 2. The van der Waals surface area contributed by atoms with Crippen molar-refractivity contribution in [2.45, 2.75) is 13.3 Å². The predicted molar refractivity (Wildman–Crippen MR) is 76.0 cm³/mol. The van der Waals surface area contributed by atoms with Crippen molar-refractivity contribution < 1.29 is 9.85 Å². The summed E-state index contributed by atoms with van der Waals surface area (Å²) in [6, 6.07) is 7.62. The molecule has 104 valence electrons. The van der Waals surface area contributed by atoms with Gasteiger partial charge in [-0.15, -0.1) is 0 Å². The molecular formula is C13H13N3O4. The maximum atomic E-state index is 11.1. The topological polar surface area (TPSA) is 98.3 Å². The number of hydrogen-bond donors (Lipinski definition) is 1. The number of fused-ring (bicyclic) bond motifs is 1. The molecule has 1 N–H and O–H groups in total. The molecule has 0 saturated carbocycles. The van der Waals surface area contributed by atoms with Crippen LogP contribution in [-0.2, 0) is 0 Å². The number of anilines is 1. The standard InChI is InChI=1S/C13H13N3O4/c1-2-7-14-13-10-6-4-3-5-9(10)11(15(17)18)8-12(13)16(19)20/h3-6,8,14H,2,7H2,1H3. The highest BCUT2D eigenvalue weighted by Gasteiger charge is 2.24. The lowest BCUT2D eigenvalue weighted by molar-refractivity contribution is -0.392. The lowest BCUT2D eigenvalue weighted by Crippen LogP contribution is -2.05. The molecule has 0 atom stereocenters. The molecule has 0 radical (unpaired) electrons. The molecule has 7 heteroatoms. The summed E-state index contributed by atoms with van der Waals surface area (Å²) in [6.45, 7) is 2.50. The number of non-ortho nitro benzene ring substituents is 1. The van der Waals surface area contributed by atoms with Gasteiger partial charge >= 0.3 is 0 Å². The zero-order chi connectivity index (χ0) is 14.7. The van der Waals surface area contributed by atoms with E-state index >= 15 is 0 Å². The van der Waals surface area contributed by atoms with Gasteiger partial charge in [0.25, 0.3) is 11.4 Å². The van der Waals surface area contributed by atoms with Crippen LogP contribution < -0.4 is 5.32 Å². The van der Waals surface area contributed by atoms with Gasteiger partial charge in [0.15, 0.2) is 0 Å². The molecule has 0 bridgehead atoms. The molecule has 0 heterocycles. The Morgan fingerprint density at radius 3 is 2.20 bits per heavy atom. The lowest BCUT2D eigenvalue weighted by atomic mass is 10.0. The first-order chi connectivity index (χ1) is 9.56. The third-order valence-corrected chi connectivity index (χ3v) is 2.95. The van der Waals surface area contributed by atoms with Gasteiger partial charge in [-0.05, 0) is 12.5 Å². The van der Waals surface area contributed by atoms with Crippen molar-refractivity contribution in [1.29, 1.82) is 0 Å². The van der Waals surface area contributed by atoms with E-state index in [1.807, 2.05) is 6.92 Å². The van der Waals surface area contributed by atoms with E-state index in [1.54, 1.807) is 24.3 Å². The highest BCUT2D eigenvalue weighted by Crippen LogP contribution is 2.39. The molecule has 0 amide bonds. The summed E-state index contributed by atoms with van der Waals surface area (Å²) in [6.07, 6.45) is 0.794. The van der Waals surface area contributed by atoms with Crippen LogP contribution in [-0.4, -0.2) is 16.4 Å². The SMILES string of the molecule is CCCNc1c([N+](=O)[O-])cc([N+](=O)[O-])c2ccccc12. The van der Waals surface area contributed by atoms with Crippen molar-refractivity contribution in [3.8, 4) is 0 Å². The zero-order valence-electron chi connectivity index (χ0n) is 10.8. The van der Waals surface area contributed by atoms with E-state index in [1.165, 1.54) is 0 Å². The normalized spacial score (nSPS) is 10.4. The molecule has 2 aromatic rings. The van der Waals surface area contributed by atoms with Crippen molar-refractivity contribution in [3.63, 3.8) is 0 Å². The molecule has 7 nitrogen and oxygen atoms in total. The second-order valence-corrected chi connectivity index (χ2v) is 4.28. The first-order valence-electron chi connectivity index (χ1n) is 6.14. The molecule has 20 heavy (non-hydrogen) atoms. The fourth-order valence-electron chi connectivity index (χ4n) is 2.07. The van der Waals surface area contributed by atoms with Gasteiger partial charge in [-0.3, -0.25) is 20.2 Å². The van der Waals surface area contributed by atoms with Crippen LogP contribution in [0.4, 0.5) is 17.1 Å². The lowest BCUT2D eigenvalue weighted by Gasteiger charge is -2.10. The van der Waals surface area contributed by atoms with Gasteiger partial charge in [-0.2, -0.15) is 0 Å². The Kier molecular flexibility index (Phi) is 3.79. The number of rotatable bonds is 5. The van der Waals surface area contributed by atoms with Crippen molar-refractivity contribution in [1.82, 2.24) is 0 Å². The molecule has 2 rings (SSSR count). The monoisotopic (exact) mass is 275 g/mol. The molecule has 2 aromatic carbocycles. The Hall–Kier alpha value is -2.70. The summed E-state index contributed by atoms with van der Waals surface area (Å²) in [5.74, 6) is 0. The number of nitro groups is 2. The molecule has 0 aliphatic carbocycles. The van der Waals surface area contributed by atoms with E-state index in [0.717, 1.165) is 12.5 Å². The van der Waals surface area contributed by atoms with E-state index in [4.69, 9.17) is 0 Å². The Morgan fingerprint density at radius 2 is 1.65 bits per heavy atom. The summed E-state index contributed by atoms with van der Waals surface area (Å²) < 4.78 is 0. The number of nitrogens with zero attached hydrogens (tertiary/aromatic N) is 2. The quantitative estimate of drug-likeness (QED) is 0.665. The predicted octanol–water partition coefficient (Wildman–Crippen LogP) is 3.48. The van der Waals surface area contributed by atoms with Crippen LogP contribution in [0.15, 0.2) is 30.3 Å². The Bertz CT molecular complexity index is 685. The Balaban J connectivity index is 2.80. The van der Waals surface area contributed by atoms with Gasteiger partial charge < -0.3 is 5.32 Å². The van der Waals surface area contributed by atoms with Crippen LogP contribution >= 0.6 is 0 Å². The van der Waals surface area contributed by atoms with Crippen LogP contribution in [0.2, 0.25) is 0 Å². The molecule has 0 aliphatic rings. The van der Waals surface area contributed by atoms with Crippen molar-refractivity contribution in [2.75, 3.05) is 11.9 Å². The van der Waals surface area contributed by atoms with Crippen LogP contribution in [0.3, 0.4) is 0 Å². The number of nitrogens with one attached hydrogen (secondary N) is 1. The highest BCUT2D eigenvalue weighted by molar-refractivity contribution is 6.03. The third-order valence-electron chi connectivity index (χ3n) is 2.95. The maximum absolute atomic E-state index is 11.1. The minimum Gasteiger partial charge on any atom is -0.379 e. The molecule has 0 fully saturated rings. The van der Waals surface area contributed by atoms with E-state index in [2.05, 4.69) is 5.32 Å². The van der Waals surface area contributed by atoms with Gasteiger partial charge in [-0.1, -0.05) is 25.1 Å². The summed E-state index contributed by atoms with van der Waals surface area (Å²) in [7, 11) is 0. The molecular weight excluding hydrogens is 262 g/mol. The molecule has 0 aromatic heterocycles. The van der Waals surface area contributed by atoms with Crippen LogP contribution in [0.1, 0.15) is 13.3 Å². The average Bonchev–Trinajstić information content (AvgIpc) is 2.43. The van der Waals surface area contributed by atoms with Gasteiger partial charge in [0.2, 0.25) is 0 Å². The van der Waals surface area contributed by atoms with Crippen molar-refractivity contribution in [2.24, 2.45) is 0 Å². The van der Waals surface area contributed by atoms with Gasteiger partial charge in [0, 0.05) is 11.9 Å². The van der Waals surface area contributed by atoms with Crippen molar-refractivity contribution in [3.05, 3.63) is 50.6 Å². The van der Waals surface area contributed by atoms with Gasteiger partial charge in [-0.25, -0.2) is 0 Å². The largest absolute Gasteiger partial charge is 0.379 e. The first kappa shape index (κ1) is 13.7. The van der Waals surface area contributed by atoms with E-state index in [9.17, 15) is 20.2 Å². The summed E-state index contributed by atoms with van der Waals surface area (Å²) in [5.41, 5.74) is -0.198. The van der Waals surface area contributed by atoms with Crippen molar-refractivity contribution >= 4 is 27.8 Å². The van der Waals surface area contributed by atoms with Crippen LogP contribution in [0, 0.1) is 20.2 Å². The highest BCUT2D eigenvalue weighted by atomic mass is 16.6. The number of benzene rings is 2. The van der Waals surface area contributed by atoms with E-state index < -0.39 is 9.85 Å². The van der Waals surface area contributed by atoms with Crippen LogP contribution in [0.5, 0.6) is 0 Å². The summed E-state index contributed by atoms with van der Waals surface area (Å²) in [5, 5.41) is 26.1. The second kappa shape index (κ2) is 5.52. The van der Waals surface area contributed by atoms with E-state index in [0.29, 0.717) is 23.0 Å². The fraction of sp³-hybridized carbons (Fsp3) is 0.231. The minimum atomic E-state index is -0.600. The number of hydrogen-bond acceptors (Lipinski definition) is 5. The second-order valence-electron chi connectivity index (χ2n) is 4.28. The van der Waals surface area contributed by atoms with E-state index in [-0.39, 0.29) is 11.4 Å². The average molecular weight is 275 g/mol. The summed E-state index contributed by atoms with van der Waals surface area (Å²) in [4.78, 5) is 21.0. The zero-order valence-corrected chi connectivity index (χ0v) is 10.8. The third kappa shape index (κ3) is 2.37. The van der Waals surface area contributed by atoms with Gasteiger partial charge in [0.1, 0.15) is 5.69 Å². The first-order valence-corrected chi connectivity index (χ1v) is 6.14. The Labute approximate surface area is 114 Å². The molecule has 0 unspecified atom stereocenters. The Morgan fingerprint density at radius 1 is 1.05 bits per heavy atom. The molecule has 0 aliphatic heterocycles. The molecule has 0 saturated heterocycles. The van der Waals surface area contributed by atoms with Gasteiger partial charge in [0.05, 0.1) is 21.3 Å². The smallest absolute Gasteiger partial charge is 0.299 e. The maximum Gasteiger partial charge on any atom is 0.299 e. The minimum absolute atomic E-state index is 0.255. The van der Waals surface area contributed by atoms with Crippen LogP contribution in [0.25, 0.3) is 10.8 Å². The molecule has 0 spiro atoms.